The molecule has 4 rings (SSSR count). The molecule has 0 aliphatic heterocycles. The van der Waals surface area contributed by atoms with Gasteiger partial charge in [0, 0.05) is 46.9 Å². The van der Waals surface area contributed by atoms with Crippen LogP contribution in [-0.4, -0.2) is 20.6 Å². The van der Waals surface area contributed by atoms with E-state index in [2.05, 4.69) is 58.2 Å². The number of thiocarbonyl (C=S) groups is 1. The zero-order valence-corrected chi connectivity index (χ0v) is 19.4. The van der Waals surface area contributed by atoms with Crippen LogP contribution in [0, 0.1) is 6.92 Å². The summed E-state index contributed by atoms with van der Waals surface area (Å²) < 4.78 is 2.33. The highest BCUT2D eigenvalue weighted by atomic mass is 35.5. The van der Waals surface area contributed by atoms with Crippen molar-refractivity contribution in [3.63, 3.8) is 0 Å². The summed E-state index contributed by atoms with van der Waals surface area (Å²) in [6.45, 7) is 6.00. The Morgan fingerprint density at radius 3 is 2.67 bits per heavy atom. The smallest absolute Gasteiger partial charge is 0.173 e. The third-order valence-corrected chi connectivity index (χ3v) is 7.00. The molecule has 2 aromatic carbocycles. The maximum atomic E-state index is 6.34. The number of anilines is 1. The molecule has 0 unspecified atom stereocenters. The summed E-state index contributed by atoms with van der Waals surface area (Å²) in [4.78, 5) is 2.41. The Hall–Kier alpha value is -2.04. The number of halogens is 1. The van der Waals surface area contributed by atoms with Crippen LogP contribution in [0.4, 0.5) is 5.69 Å². The maximum Gasteiger partial charge on any atom is 0.173 e. The van der Waals surface area contributed by atoms with E-state index < -0.39 is 0 Å². The van der Waals surface area contributed by atoms with Gasteiger partial charge >= 0.3 is 0 Å². The Morgan fingerprint density at radius 2 is 1.93 bits per heavy atom. The van der Waals surface area contributed by atoms with Crippen LogP contribution in [-0.2, 0) is 13.1 Å². The van der Waals surface area contributed by atoms with Gasteiger partial charge < -0.3 is 14.8 Å². The summed E-state index contributed by atoms with van der Waals surface area (Å²) in [6, 6.07) is 15.2. The fraction of sp³-hybridized carbons (Fsp3) is 0.400. The van der Waals surface area contributed by atoms with Crippen molar-refractivity contribution in [2.24, 2.45) is 0 Å². The molecular weight excluding hydrogens is 410 g/mol. The van der Waals surface area contributed by atoms with Crippen LogP contribution in [0.5, 0.6) is 0 Å². The van der Waals surface area contributed by atoms with Gasteiger partial charge in [-0.3, -0.25) is 0 Å². The highest BCUT2D eigenvalue weighted by Crippen LogP contribution is 2.29. The van der Waals surface area contributed by atoms with Gasteiger partial charge in [-0.25, -0.2) is 0 Å². The second-order valence-corrected chi connectivity index (χ2v) is 9.07. The minimum atomic E-state index is 0.475. The van der Waals surface area contributed by atoms with E-state index in [1.165, 1.54) is 48.6 Å². The predicted molar refractivity (Wildman–Crippen MR) is 132 cm³/mol. The van der Waals surface area contributed by atoms with Crippen molar-refractivity contribution < 1.29 is 0 Å². The summed E-state index contributed by atoms with van der Waals surface area (Å²) in [7, 11) is 0. The molecule has 158 valence electrons. The Labute approximate surface area is 190 Å². The van der Waals surface area contributed by atoms with E-state index in [1.807, 2.05) is 19.1 Å². The van der Waals surface area contributed by atoms with E-state index in [9.17, 15) is 0 Å². The lowest BCUT2D eigenvalue weighted by Crippen LogP contribution is -2.43. The number of benzene rings is 2. The topological polar surface area (TPSA) is 20.2 Å². The van der Waals surface area contributed by atoms with Gasteiger partial charge in [-0.1, -0.05) is 55.1 Å². The van der Waals surface area contributed by atoms with Gasteiger partial charge in [0.1, 0.15) is 0 Å². The molecule has 0 bridgehead atoms. The first-order valence-electron chi connectivity index (χ1n) is 11.0. The molecule has 0 atom stereocenters. The molecule has 3 nitrogen and oxygen atoms in total. The summed E-state index contributed by atoms with van der Waals surface area (Å²) in [5.41, 5.74) is 4.66. The molecule has 1 aromatic heterocycles. The van der Waals surface area contributed by atoms with E-state index >= 15 is 0 Å². The molecule has 5 heteroatoms. The van der Waals surface area contributed by atoms with Crippen molar-refractivity contribution in [3.8, 4) is 0 Å². The second kappa shape index (κ2) is 9.40. The van der Waals surface area contributed by atoms with Crippen LogP contribution in [0.1, 0.15) is 50.2 Å². The molecule has 1 heterocycles. The van der Waals surface area contributed by atoms with E-state index in [0.717, 1.165) is 34.5 Å². The van der Waals surface area contributed by atoms with Gasteiger partial charge in [-0.2, -0.15) is 0 Å². The van der Waals surface area contributed by atoms with Crippen LogP contribution in [0.3, 0.4) is 0 Å². The van der Waals surface area contributed by atoms with E-state index in [0.29, 0.717) is 6.04 Å². The van der Waals surface area contributed by atoms with Crippen LogP contribution in [0.2, 0.25) is 5.02 Å². The van der Waals surface area contributed by atoms with E-state index in [4.69, 9.17) is 23.8 Å². The molecule has 1 N–H and O–H groups in total. The van der Waals surface area contributed by atoms with Crippen LogP contribution < -0.4 is 5.32 Å². The molecule has 3 aromatic rings. The second-order valence-electron chi connectivity index (χ2n) is 8.27. The van der Waals surface area contributed by atoms with Crippen LogP contribution in [0.15, 0.2) is 48.7 Å². The van der Waals surface area contributed by atoms with Crippen molar-refractivity contribution in [1.29, 1.82) is 0 Å². The molecule has 0 saturated heterocycles. The first kappa shape index (κ1) is 21.2. The van der Waals surface area contributed by atoms with Crippen LogP contribution >= 0.6 is 23.8 Å². The third kappa shape index (κ3) is 4.50. The van der Waals surface area contributed by atoms with E-state index in [-0.39, 0.29) is 0 Å². The van der Waals surface area contributed by atoms with Crippen molar-refractivity contribution in [1.82, 2.24) is 9.47 Å². The summed E-state index contributed by atoms with van der Waals surface area (Å²) >= 11 is 12.3. The van der Waals surface area contributed by atoms with Gasteiger partial charge in [-0.15, -0.1) is 0 Å². The molecule has 1 fully saturated rings. The minimum absolute atomic E-state index is 0.475. The summed E-state index contributed by atoms with van der Waals surface area (Å²) in [5.74, 6) is 0. The molecule has 1 saturated carbocycles. The zero-order chi connectivity index (χ0) is 21.1. The molecule has 1 aliphatic rings. The Bertz CT molecular complexity index is 1040. The standard InChI is InChI=1S/C25H30ClN3S/c1-3-28-16-19(22-11-7-8-12-24(22)28)17-29(21-9-5-4-6-10-21)25(30)27-20-14-13-18(2)23(26)15-20/h7-8,11-16,21H,3-6,9-10,17H2,1-2H3,(H,27,30). The van der Waals surface area contributed by atoms with Crippen molar-refractivity contribution in [2.45, 2.75) is 65.1 Å². The molecule has 0 spiro atoms. The fourth-order valence-electron chi connectivity index (χ4n) is 4.52. The Morgan fingerprint density at radius 1 is 1.17 bits per heavy atom. The zero-order valence-electron chi connectivity index (χ0n) is 17.8. The Kier molecular flexibility index (Phi) is 6.64. The van der Waals surface area contributed by atoms with Crippen molar-refractivity contribution in [2.75, 3.05) is 5.32 Å². The third-order valence-electron chi connectivity index (χ3n) is 6.25. The van der Waals surface area contributed by atoms with Crippen molar-refractivity contribution >= 4 is 45.5 Å². The molecule has 1 aliphatic carbocycles. The number of nitrogens with zero attached hydrogens (tertiary/aromatic N) is 2. The SMILES string of the molecule is CCn1cc(CN(C(=S)Nc2ccc(C)c(Cl)c2)C2CCCCC2)c2ccccc21. The highest BCUT2D eigenvalue weighted by molar-refractivity contribution is 7.80. The lowest BCUT2D eigenvalue weighted by molar-refractivity contribution is 0.241. The average molecular weight is 440 g/mol. The van der Waals surface area contributed by atoms with Crippen molar-refractivity contribution in [3.05, 3.63) is 64.8 Å². The monoisotopic (exact) mass is 439 g/mol. The molecule has 0 radical (unpaired) electrons. The van der Waals surface area contributed by atoms with Gasteiger partial charge in [-0.05, 0) is 68.2 Å². The summed E-state index contributed by atoms with van der Waals surface area (Å²) in [5, 5.41) is 6.33. The number of para-hydroxylation sites is 1. The molecule has 0 amide bonds. The maximum absolute atomic E-state index is 6.34. The largest absolute Gasteiger partial charge is 0.347 e. The number of aryl methyl sites for hydroxylation is 2. The minimum Gasteiger partial charge on any atom is -0.347 e. The van der Waals surface area contributed by atoms with Crippen LogP contribution in [0.25, 0.3) is 10.9 Å². The number of hydrogen-bond acceptors (Lipinski definition) is 1. The van der Waals surface area contributed by atoms with Gasteiger partial charge in [0.15, 0.2) is 5.11 Å². The quantitative estimate of drug-likeness (QED) is 0.426. The Balaban J connectivity index is 1.63. The van der Waals surface area contributed by atoms with Gasteiger partial charge in [0.05, 0.1) is 0 Å². The number of fused-ring (bicyclic) bond motifs is 1. The van der Waals surface area contributed by atoms with Gasteiger partial charge in [0.25, 0.3) is 0 Å². The number of hydrogen-bond donors (Lipinski definition) is 1. The lowest BCUT2D eigenvalue weighted by atomic mass is 9.94. The number of rotatable bonds is 5. The predicted octanol–water partition coefficient (Wildman–Crippen LogP) is 7.15. The normalized spacial score (nSPS) is 14.8. The average Bonchev–Trinajstić information content (AvgIpc) is 3.13. The number of aromatic nitrogens is 1. The van der Waals surface area contributed by atoms with Gasteiger partial charge in [0.2, 0.25) is 0 Å². The molecular formula is C25H30ClN3S. The summed E-state index contributed by atoms with van der Waals surface area (Å²) in [6.07, 6.45) is 8.57. The highest BCUT2D eigenvalue weighted by Gasteiger charge is 2.25. The lowest BCUT2D eigenvalue weighted by Gasteiger charge is -2.36. The van der Waals surface area contributed by atoms with E-state index in [1.54, 1.807) is 0 Å². The first-order chi connectivity index (χ1) is 14.6. The number of nitrogens with one attached hydrogen (secondary N) is 1. The fourth-order valence-corrected chi connectivity index (χ4v) is 5.03. The molecule has 30 heavy (non-hydrogen) atoms. The first-order valence-corrected chi connectivity index (χ1v) is 11.8.